The maximum absolute atomic E-state index is 11.7. The quantitative estimate of drug-likeness (QED) is 0.321. The summed E-state index contributed by atoms with van der Waals surface area (Å²) in [5, 5.41) is 6.78. The van der Waals surface area contributed by atoms with E-state index in [0.717, 1.165) is 90.5 Å². The normalized spacial score (nSPS) is 18.0. The van der Waals surface area contributed by atoms with Crippen LogP contribution in [0.4, 0.5) is 5.69 Å². The summed E-state index contributed by atoms with van der Waals surface area (Å²) in [5.74, 6) is 1.20. The van der Waals surface area contributed by atoms with Crippen molar-refractivity contribution in [2.75, 3.05) is 70.3 Å². The van der Waals surface area contributed by atoms with Gasteiger partial charge in [-0.2, -0.15) is 0 Å². The van der Waals surface area contributed by atoms with Crippen molar-refractivity contribution in [1.29, 1.82) is 0 Å². The molecule has 2 aliphatic rings. The molecule has 172 valence electrons. The average molecular weight is 429 g/mol. The Morgan fingerprint density at radius 2 is 1.77 bits per heavy atom. The van der Waals surface area contributed by atoms with Gasteiger partial charge in [-0.3, -0.25) is 14.7 Å². The lowest BCUT2D eigenvalue weighted by atomic mass is 10.2. The Morgan fingerprint density at radius 3 is 2.48 bits per heavy atom. The van der Waals surface area contributed by atoms with E-state index in [2.05, 4.69) is 62.7 Å². The van der Waals surface area contributed by atoms with E-state index >= 15 is 0 Å². The van der Waals surface area contributed by atoms with Crippen LogP contribution in [0.15, 0.2) is 35.3 Å². The molecule has 0 spiro atoms. The maximum Gasteiger partial charge on any atom is 0.222 e. The first-order chi connectivity index (χ1) is 15.3. The second kappa shape index (κ2) is 13.2. The SMILES string of the molecule is CCNC(=NCCCN1CCCC1=O)NCCCCN1CCN(c2ccccc2)CC1. The number of unbranched alkanes of at least 4 members (excludes halogenated alkanes) is 1. The molecule has 3 rings (SSSR count). The van der Waals surface area contributed by atoms with Crippen LogP contribution in [0, 0.1) is 0 Å². The summed E-state index contributed by atoms with van der Waals surface area (Å²) in [7, 11) is 0. The molecule has 1 aromatic carbocycles. The van der Waals surface area contributed by atoms with Crippen molar-refractivity contribution in [3.05, 3.63) is 30.3 Å². The number of nitrogens with zero attached hydrogens (tertiary/aromatic N) is 4. The molecule has 2 fully saturated rings. The highest BCUT2D eigenvalue weighted by molar-refractivity contribution is 5.79. The molecule has 1 aromatic rings. The Balaban J connectivity index is 1.25. The van der Waals surface area contributed by atoms with Crippen LogP contribution in [-0.4, -0.2) is 87.1 Å². The van der Waals surface area contributed by atoms with E-state index in [1.54, 1.807) is 0 Å². The smallest absolute Gasteiger partial charge is 0.222 e. The van der Waals surface area contributed by atoms with Crippen molar-refractivity contribution >= 4 is 17.6 Å². The molecule has 0 radical (unpaired) electrons. The van der Waals surface area contributed by atoms with E-state index in [4.69, 9.17) is 0 Å². The lowest BCUT2D eigenvalue weighted by Crippen LogP contribution is -2.46. The van der Waals surface area contributed by atoms with E-state index in [-0.39, 0.29) is 0 Å². The molecule has 0 atom stereocenters. The summed E-state index contributed by atoms with van der Waals surface area (Å²) >= 11 is 0. The van der Waals surface area contributed by atoms with Crippen molar-refractivity contribution in [1.82, 2.24) is 20.4 Å². The summed E-state index contributed by atoms with van der Waals surface area (Å²) in [6.45, 7) is 12.1. The standard InChI is InChI=1S/C24H40N6O/c1-2-25-24(27-14-9-17-30-16-8-12-23(30)31)26-13-6-7-15-28-18-20-29(21-19-28)22-10-4-3-5-11-22/h3-5,10-11H,2,6-9,12-21H2,1H3,(H2,25,26,27). The largest absolute Gasteiger partial charge is 0.369 e. The van der Waals surface area contributed by atoms with Crippen LogP contribution < -0.4 is 15.5 Å². The molecule has 2 saturated heterocycles. The number of likely N-dealkylation sites (tertiary alicyclic amines) is 1. The van der Waals surface area contributed by atoms with Crippen molar-refractivity contribution < 1.29 is 4.79 Å². The number of anilines is 1. The number of carbonyl (C=O) groups is 1. The molecule has 0 bridgehead atoms. The first-order valence-electron chi connectivity index (χ1n) is 12.1. The van der Waals surface area contributed by atoms with Gasteiger partial charge in [0.1, 0.15) is 0 Å². The molecule has 2 aliphatic heterocycles. The maximum atomic E-state index is 11.7. The Kier molecular flexibility index (Phi) is 9.96. The summed E-state index contributed by atoms with van der Waals surface area (Å²) in [6, 6.07) is 10.7. The van der Waals surface area contributed by atoms with Crippen LogP contribution in [0.3, 0.4) is 0 Å². The van der Waals surface area contributed by atoms with Gasteiger partial charge in [-0.05, 0) is 51.3 Å². The third kappa shape index (κ3) is 8.05. The molecule has 7 nitrogen and oxygen atoms in total. The Hall–Kier alpha value is -2.28. The second-order valence-electron chi connectivity index (χ2n) is 8.40. The Labute approximate surface area is 187 Å². The minimum absolute atomic E-state index is 0.301. The molecule has 31 heavy (non-hydrogen) atoms. The van der Waals surface area contributed by atoms with Crippen LogP contribution in [0.5, 0.6) is 0 Å². The fourth-order valence-corrected chi connectivity index (χ4v) is 4.27. The molecule has 7 heteroatoms. The summed E-state index contributed by atoms with van der Waals surface area (Å²) in [6.07, 6.45) is 5.00. The summed E-state index contributed by atoms with van der Waals surface area (Å²) in [4.78, 5) is 23.4. The van der Waals surface area contributed by atoms with Crippen LogP contribution in [0.2, 0.25) is 0 Å². The number of piperazine rings is 1. The lowest BCUT2D eigenvalue weighted by Gasteiger charge is -2.36. The fourth-order valence-electron chi connectivity index (χ4n) is 4.27. The molecule has 1 amide bonds. The van der Waals surface area contributed by atoms with Gasteiger partial charge in [0.05, 0.1) is 0 Å². The number of para-hydroxylation sites is 1. The molecule has 0 aliphatic carbocycles. The minimum atomic E-state index is 0.301. The number of hydrogen-bond donors (Lipinski definition) is 2. The zero-order chi connectivity index (χ0) is 21.7. The predicted octanol–water partition coefficient (Wildman–Crippen LogP) is 2.16. The van der Waals surface area contributed by atoms with Crippen molar-refractivity contribution in [3.63, 3.8) is 0 Å². The van der Waals surface area contributed by atoms with Crippen LogP contribution in [-0.2, 0) is 4.79 Å². The van der Waals surface area contributed by atoms with E-state index in [0.29, 0.717) is 5.91 Å². The van der Waals surface area contributed by atoms with Crippen LogP contribution in [0.25, 0.3) is 0 Å². The van der Waals surface area contributed by atoms with Gasteiger partial charge in [-0.1, -0.05) is 18.2 Å². The summed E-state index contributed by atoms with van der Waals surface area (Å²) in [5.41, 5.74) is 1.34. The number of nitrogens with one attached hydrogen (secondary N) is 2. The number of guanidine groups is 1. The number of carbonyl (C=O) groups excluding carboxylic acids is 1. The third-order valence-corrected chi connectivity index (χ3v) is 6.06. The molecule has 2 N–H and O–H groups in total. The molecule has 2 heterocycles. The van der Waals surface area contributed by atoms with Gasteiger partial charge >= 0.3 is 0 Å². The zero-order valence-electron chi connectivity index (χ0n) is 19.2. The topological polar surface area (TPSA) is 63.2 Å². The van der Waals surface area contributed by atoms with E-state index in [9.17, 15) is 4.79 Å². The van der Waals surface area contributed by atoms with Crippen LogP contribution >= 0.6 is 0 Å². The Morgan fingerprint density at radius 1 is 0.968 bits per heavy atom. The highest BCUT2D eigenvalue weighted by atomic mass is 16.2. The number of hydrogen-bond acceptors (Lipinski definition) is 4. The molecular weight excluding hydrogens is 388 g/mol. The van der Waals surface area contributed by atoms with Gasteiger partial charge in [0.2, 0.25) is 5.91 Å². The fraction of sp³-hybridized carbons (Fsp3) is 0.667. The van der Waals surface area contributed by atoms with Gasteiger partial charge in [0.25, 0.3) is 0 Å². The first kappa shape index (κ1) is 23.4. The number of rotatable bonds is 11. The zero-order valence-corrected chi connectivity index (χ0v) is 19.2. The second-order valence-corrected chi connectivity index (χ2v) is 8.40. The van der Waals surface area contributed by atoms with Gasteiger partial charge in [-0.15, -0.1) is 0 Å². The molecular formula is C24H40N6O. The highest BCUT2D eigenvalue weighted by Crippen LogP contribution is 2.15. The highest BCUT2D eigenvalue weighted by Gasteiger charge is 2.19. The first-order valence-corrected chi connectivity index (χ1v) is 12.1. The monoisotopic (exact) mass is 428 g/mol. The van der Waals surface area contributed by atoms with Gasteiger partial charge in [-0.25, -0.2) is 0 Å². The van der Waals surface area contributed by atoms with Crippen molar-refractivity contribution in [2.45, 2.75) is 39.0 Å². The predicted molar refractivity (Wildman–Crippen MR) is 129 cm³/mol. The van der Waals surface area contributed by atoms with Crippen molar-refractivity contribution in [2.24, 2.45) is 4.99 Å². The lowest BCUT2D eigenvalue weighted by molar-refractivity contribution is -0.127. The van der Waals surface area contributed by atoms with E-state index in [1.807, 2.05) is 4.90 Å². The molecule has 0 aromatic heterocycles. The van der Waals surface area contributed by atoms with Gasteiger partial charge in [0, 0.05) is 71.0 Å². The molecule has 0 unspecified atom stereocenters. The van der Waals surface area contributed by atoms with Gasteiger partial charge < -0.3 is 20.4 Å². The minimum Gasteiger partial charge on any atom is -0.369 e. The molecule has 0 saturated carbocycles. The number of aliphatic imine (C=N–C) groups is 1. The van der Waals surface area contributed by atoms with Crippen LogP contribution in [0.1, 0.15) is 39.0 Å². The number of benzene rings is 1. The number of amides is 1. The van der Waals surface area contributed by atoms with Crippen molar-refractivity contribution in [3.8, 4) is 0 Å². The van der Waals surface area contributed by atoms with E-state index in [1.165, 1.54) is 18.7 Å². The van der Waals surface area contributed by atoms with Gasteiger partial charge in [0.15, 0.2) is 5.96 Å². The summed E-state index contributed by atoms with van der Waals surface area (Å²) < 4.78 is 0. The Bertz CT molecular complexity index is 672. The average Bonchev–Trinajstić information content (AvgIpc) is 3.22. The third-order valence-electron chi connectivity index (χ3n) is 6.06. The van der Waals surface area contributed by atoms with E-state index < -0.39 is 0 Å².